The quantitative estimate of drug-likeness (QED) is 0.831. The van der Waals surface area contributed by atoms with Gasteiger partial charge in [-0.15, -0.1) is 0 Å². The van der Waals surface area contributed by atoms with E-state index in [9.17, 15) is 0 Å². The fourth-order valence-electron chi connectivity index (χ4n) is 1.68. The Morgan fingerprint density at radius 2 is 2.07 bits per heavy atom. The van der Waals surface area contributed by atoms with Gasteiger partial charge in [0.2, 0.25) is 0 Å². The number of nitrogens with zero attached hydrogens (tertiary/aromatic N) is 2. The maximum absolute atomic E-state index is 5.86. The van der Waals surface area contributed by atoms with E-state index in [2.05, 4.69) is 43.5 Å². The minimum Gasteiger partial charge on any atom is -0.323 e. The van der Waals surface area contributed by atoms with Crippen LogP contribution >= 0.6 is 0 Å². The van der Waals surface area contributed by atoms with E-state index in [0.29, 0.717) is 0 Å². The highest BCUT2D eigenvalue weighted by molar-refractivity contribution is 5.15. The van der Waals surface area contributed by atoms with Gasteiger partial charge >= 0.3 is 0 Å². The van der Waals surface area contributed by atoms with Crippen LogP contribution in [0.2, 0.25) is 0 Å². The van der Waals surface area contributed by atoms with Gasteiger partial charge in [0.25, 0.3) is 0 Å². The molecule has 0 saturated carbocycles. The fraction of sp³-hybridized carbons (Fsp3) is 0.750. The molecule has 1 aromatic rings. The highest BCUT2D eigenvalue weighted by Gasteiger charge is 2.19. The van der Waals surface area contributed by atoms with Crippen molar-refractivity contribution in [1.82, 2.24) is 9.78 Å². The van der Waals surface area contributed by atoms with Crippen LogP contribution < -0.4 is 5.73 Å². The molecule has 1 heterocycles. The molecular formula is C12H23N3. The third-order valence-electron chi connectivity index (χ3n) is 2.41. The molecule has 15 heavy (non-hydrogen) atoms. The Labute approximate surface area is 92.7 Å². The number of rotatable bonds is 3. The molecule has 3 nitrogen and oxygen atoms in total. The minimum atomic E-state index is 0.0178. The predicted octanol–water partition coefficient (Wildman–Crippen LogP) is 2.61. The average Bonchev–Trinajstić information content (AvgIpc) is 2.48. The Hall–Kier alpha value is -0.830. The zero-order valence-corrected chi connectivity index (χ0v) is 10.5. The molecule has 0 spiro atoms. The number of hydrogen-bond acceptors (Lipinski definition) is 2. The molecule has 2 N–H and O–H groups in total. The van der Waals surface area contributed by atoms with E-state index in [1.165, 1.54) is 5.69 Å². The van der Waals surface area contributed by atoms with E-state index < -0.39 is 0 Å². The lowest BCUT2D eigenvalue weighted by atomic mass is 10.1. The largest absolute Gasteiger partial charge is 0.323 e. The number of aromatic nitrogens is 2. The second-order valence-electron chi connectivity index (χ2n) is 5.18. The van der Waals surface area contributed by atoms with Crippen LogP contribution in [0, 0.1) is 0 Å². The standard InChI is InChI=1S/C12H23N3/c1-6-7-10-8-11(9(2)13)14-15(10)12(3,4)5/h8-9H,6-7,13H2,1-5H3. The first-order valence-electron chi connectivity index (χ1n) is 5.71. The Balaban J connectivity index is 3.12. The molecule has 0 aromatic carbocycles. The summed E-state index contributed by atoms with van der Waals surface area (Å²) in [6, 6.07) is 2.16. The van der Waals surface area contributed by atoms with Crippen LogP contribution in [0.3, 0.4) is 0 Å². The van der Waals surface area contributed by atoms with Gasteiger partial charge in [0, 0.05) is 11.7 Å². The van der Waals surface area contributed by atoms with Gasteiger partial charge < -0.3 is 5.73 Å². The van der Waals surface area contributed by atoms with Crippen LogP contribution in [0.5, 0.6) is 0 Å². The van der Waals surface area contributed by atoms with Gasteiger partial charge in [-0.2, -0.15) is 5.10 Å². The third-order valence-corrected chi connectivity index (χ3v) is 2.41. The molecule has 1 unspecified atom stereocenters. The topological polar surface area (TPSA) is 43.8 Å². The zero-order valence-electron chi connectivity index (χ0n) is 10.5. The lowest BCUT2D eigenvalue weighted by Crippen LogP contribution is -2.25. The van der Waals surface area contributed by atoms with Crippen molar-refractivity contribution in [2.45, 2.75) is 59.0 Å². The van der Waals surface area contributed by atoms with Crippen LogP contribution in [0.15, 0.2) is 6.07 Å². The first kappa shape index (κ1) is 12.2. The van der Waals surface area contributed by atoms with E-state index in [-0.39, 0.29) is 11.6 Å². The first-order chi connectivity index (χ1) is 6.86. The van der Waals surface area contributed by atoms with Crippen LogP contribution in [0.25, 0.3) is 0 Å². The third kappa shape index (κ3) is 2.81. The lowest BCUT2D eigenvalue weighted by molar-refractivity contribution is 0.340. The lowest BCUT2D eigenvalue weighted by Gasteiger charge is -2.22. The Kier molecular flexibility index (Phi) is 3.55. The van der Waals surface area contributed by atoms with Crippen molar-refractivity contribution in [3.63, 3.8) is 0 Å². The Morgan fingerprint density at radius 3 is 2.47 bits per heavy atom. The summed E-state index contributed by atoms with van der Waals surface area (Å²) in [4.78, 5) is 0. The zero-order chi connectivity index (χ0) is 11.6. The van der Waals surface area contributed by atoms with E-state index in [1.807, 2.05) is 6.92 Å². The summed E-state index contributed by atoms with van der Waals surface area (Å²) in [6.45, 7) is 10.7. The second-order valence-corrected chi connectivity index (χ2v) is 5.18. The summed E-state index contributed by atoms with van der Waals surface area (Å²) in [5.41, 5.74) is 8.18. The molecule has 0 fully saturated rings. The highest BCUT2D eigenvalue weighted by atomic mass is 15.3. The van der Waals surface area contributed by atoms with Gasteiger partial charge in [0.05, 0.1) is 11.2 Å². The number of nitrogens with two attached hydrogens (primary N) is 1. The fourth-order valence-corrected chi connectivity index (χ4v) is 1.68. The molecule has 0 aliphatic rings. The molecule has 1 atom stereocenters. The maximum Gasteiger partial charge on any atom is 0.0792 e. The molecule has 3 heteroatoms. The predicted molar refractivity (Wildman–Crippen MR) is 63.8 cm³/mol. The summed E-state index contributed by atoms with van der Waals surface area (Å²) in [6.07, 6.45) is 2.21. The number of hydrogen-bond donors (Lipinski definition) is 1. The van der Waals surface area contributed by atoms with Gasteiger partial charge in [-0.3, -0.25) is 4.68 Å². The van der Waals surface area contributed by atoms with Gasteiger partial charge in [-0.05, 0) is 40.2 Å². The van der Waals surface area contributed by atoms with Crippen molar-refractivity contribution in [3.05, 3.63) is 17.5 Å². The van der Waals surface area contributed by atoms with E-state index >= 15 is 0 Å². The molecule has 0 aliphatic carbocycles. The Bertz CT molecular complexity index is 318. The van der Waals surface area contributed by atoms with Gasteiger partial charge in [-0.25, -0.2) is 0 Å². The summed E-state index contributed by atoms with van der Waals surface area (Å²) in [7, 11) is 0. The second kappa shape index (κ2) is 4.35. The van der Waals surface area contributed by atoms with Crippen LogP contribution in [0.1, 0.15) is 58.5 Å². The molecule has 0 saturated heterocycles. The van der Waals surface area contributed by atoms with E-state index in [1.54, 1.807) is 0 Å². The summed E-state index contributed by atoms with van der Waals surface area (Å²) in [5.74, 6) is 0. The normalized spacial score (nSPS) is 14.3. The van der Waals surface area contributed by atoms with Gasteiger partial charge in [-0.1, -0.05) is 13.3 Å². The van der Waals surface area contributed by atoms with Crippen molar-refractivity contribution >= 4 is 0 Å². The van der Waals surface area contributed by atoms with Crippen LogP contribution in [-0.2, 0) is 12.0 Å². The molecule has 0 bridgehead atoms. The summed E-state index contributed by atoms with van der Waals surface area (Å²) < 4.78 is 2.11. The average molecular weight is 209 g/mol. The van der Waals surface area contributed by atoms with Crippen molar-refractivity contribution < 1.29 is 0 Å². The van der Waals surface area contributed by atoms with Crippen LogP contribution in [-0.4, -0.2) is 9.78 Å². The highest BCUT2D eigenvalue weighted by Crippen LogP contribution is 2.20. The molecular weight excluding hydrogens is 186 g/mol. The molecule has 1 aromatic heterocycles. The molecule has 0 aliphatic heterocycles. The van der Waals surface area contributed by atoms with Gasteiger partial charge in [0.1, 0.15) is 0 Å². The molecule has 0 amide bonds. The molecule has 86 valence electrons. The SMILES string of the molecule is CCCc1cc(C(C)N)nn1C(C)(C)C. The summed E-state index contributed by atoms with van der Waals surface area (Å²) >= 11 is 0. The summed E-state index contributed by atoms with van der Waals surface area (Å²) in [5, 5.41) is 4.59. The van der Waals surface area contributed by atoms with Crippen molar-refractivity contribution in [3.8, 4) is 0 Å². The van der Waals surface area contributed by atoms with Crippen molar-refractivity contribution in [2.24, 2.45) is 5.73 Å². The van der Waals surface area contributed by atoms with E-state index in [0.717, 1.165) is 18.5 Å². The Morgan fingerprint density at radius 1 is 1.47 bits per heavy atom. The maximum atomic E-state index is 5.86. The monoisotopic (exact) mass is 209 g/mol. The van der Waals surface area contributed by atoms with Crippen LogP contribution in [0.4, 0.5) is 0 Å². The first-order valence-corrected chi connectivity index (χ1v) is 5.71. The smallest absolute Gasteiger partial charge is 0.0792 e. The minimum absolute atomic E-state index is 0.0178. The number of aryl methyl sites for hydroxylation is 1. The van der Waals surface area contributed by atoms with Crippen molar-refractivity contribution in [1.29, 1.82) is 0 Å². The van der Waals surface area contributed by atoms with E-state index in [4.69, 9.17) is 5.73 Å². The molecule has 1 rings (SSSR count). The molecule has 0 radical (unpaired) electrons. The van der Waals surface area contributed by atoms with Gasteiger partial charge in [0.15, 0.2) is 0 Å². The van der Waals surface area contributed by atoms with Crippen molar-refractivity contribution in [2.75, 3.05) is 0 Å².